The number of rotatable bonds is 10. The molecule has 1 atom stereocenters. The van der Waals surface area contributed by atoms with Crippen molar-refractivity contribution in [2.24, 2.45) is 0 Å². The van der Waals surface area contributed by atoms with E-state index in [-0.39, 0.29) is 6.61 Å². The summed E-state index contributed by atoms with van der Waals surface area (Å²) >= 11 is 0. The van der Waals surface area contributed by atoms with Gasteiger partial charge in [0.1, 0.15) is 5.92 Å². The van der Waals surface area contributed by atoms with Gasteiger partial charge in [-0.15, -0.1) is 0 Å². The van der Waals surface area contributed by atoms with Crippen LogP contribution in [0.15, 0.2) is 30.3 Å². The summed E-state index contributed by atoms with van der Waals surface area (Å²) in [5, 5.41) is 9.19. The lowest BCUT2D eigenvalue weighted by Gasteiger charge is -2.13. The summed E-state index contributed by atoms with van der Waals surface area (Å²) in [4.78, 5) is 11.2. The Morgan fingerprint density at radius 3 is 2.47 bits per heavy atom. The van der Waals surface area contributed by atoms with Gasteiger partial charge in [0.05, 0.1) is 19.8 Å². The second-order valence-corrected chi connectivity index (χ2v) is 4.34. The third-order valence-corrected chi connectivity index (χ3v) is 2.80. The Labute approximate surface area is 114 Å². The summed E-state index contributed by atoms with van der Waals surface area (Å²) in [7, 11) is 0. The topological polar surface area (TPSA) is 55.8 Å². The standard InChI is InChI=1S/C15H22O4/c1-2-3-9-18-10-11-19-12-14(15(16)17)13-7-5-4-6-8-13/h4-8,14H,2-3,9-12H2,1H3,(H,16,17). The van der Waals surface area contributed by atoms with Gasteiger partial charge in [0.2, 0.25) is 0 Å². The highest BCUT2D eigenvalue weighted by Crippen LogP contribution is 2.16. The molecule has 106 valence electrons. The molecule has 19 heavy (non-hydrogen) atoms. The van der Waals surface area contributed by atoms with Crippen LogP contribution in [0.1, 0.15) is 31.2 Å². The zero-order valence-electron chi connectivity index (χ0n) is 11.4. The van der Waals surface area contributed by atoms with Crippen molar-refractivity contribution in [3.05, 3.63) is 35.9 Å². The number of ether oxygens (including phenoxy) is 2. The smallest absolute Gasteiger partial charge is 0.313 e. The van der Waals surface area contributed by atoms with Gasteiger partial charge in [-0.1, -0.05) is 43.7 Å². The summed E-state index contributed by atoms with van der Waals surface area (Å²) in [5.74, 6) is -1.48. The summed E-state index contributed by atoms with van der Waals surface area (Å²) in [5.41, 5.74) is 0.766. The van der Waals surface area contributed by atoms with Gasteiger partial charge in [0.15, 0.2) is 0 Å². The third-order valence-electron chi connectivity index (χ3n) is 2.80. The lowest BCUT2D eigenvalue weighted by Crippen LogP contribution is -2.19. The van der Waals surface area contributed by atoms with Crippen molar-refractivity contribution in [1.82, 2.24) is 0 Å². The first-order valence-electron chi connectivity index (χ1n) is 6.69. The quantitative estimate of drug-likeness (QED) is 0.661. The van der Waals surface area contributed by atoms with Gasteiger partial charge >= 0.3 is 5.97 Å². The molecule has 1 aromatic carbocycles. The Kier molecular flexibility index (Phi) is 7.86. The molecule has 0 radical (unpaired) electrons. The first-order chi connectivity index (χ1) is 9.25. The molecule has 0 saturated heterocycles. The summed E-state index contributed by atoms with van der Waals surface area (Å²) < 4.78 is 10.7. The molecule has 4 heteroatoms. The number of carboxylic acid groups (broad SMARTS) is 1. The van der Waals surface area contributed by atoms with Crippen molar-refractivity contribution in [2.75, 3.05) is 26.4 Å². The van der Waals surface area contributed by atoms with Crippen molar-refractivity contribution in [3.8, 4) is 0 Å². The highest BCUT2D eigenvalue weighted by atomic mass is 16.5. The molecule has 1 N–H and O–H groups in total. The molecule has 1 rings (SSSR count). The first-order valence-corrected chi connectivity index (χ1v) is 6.69. The van der Waals surface area contributed by atoms with E-state index >= 15 is 0 Å². The van der Waals surface area contributed by atoms with Crippen LogP contribution in [-0.4, -0.2) is 37.5 Å². The molecular weight excluding hydrogens is 244 g/mol. The Bertz CT molecular complexity index is 350. The lowest BCUT2D eigenvalue weighted by atomic mass is 10.0. The van der Waals surface area contributed by atoms with E-state index in [1.807, 2.05) is 18.2 Å². The van der Waals surface area contributed by atoms with Crippen molar-refractivity contribution in [2.45, 2.75) is 25.7 Å². The molecule has 0 amide bonds. The number of benzene rings is 1. The molecule has 0 aliphatic carbocycles. The van der Waals surface area contributed by atoms with Gasteiger partial charge in [0, 0.05) is 6.61 Å². The molecule has 0 heterocycles. The minimum absolute atomic E-state index is 0.177. The molecule has 0 aromatic heterocycles. The number of hydrogen-bond donors (Lipinski definition) is 1. The number of carboxylic acids is 1. The molecule has 0 saturated carbocycles. The minimum Gasteiger partial charge on any atom is -0.481 e. The summed E-state index contributed by atoms with van der Waals surface area (Å²) in [6.45, 7) is 3.97. The zero-order chi connectivity index (χ0) is 13.9. The third kappa shape index (κ3) is 6.36. The van der Waals surface area contributed by atoms with Gasteiger partial charge in [0.25, 0.3) is 0 Å². The van der Waals surface area contributed by atoms with E-state index in [1.165, 1.54) is 0 Å². The molecular formula is C15H22O4. The van der Waals surface area contributed by atoms with E-state index < -0.39 is 11.9 Å². The Morgan fingerprint density at radius 2 is 1.84 bits per heavy atom. The summed E-state index contributed by atoms with van der Waals surface area (Å²) in [6, 6.07) is 9.14. The molecule has 1 aromatic rings. The van der Waals surface area contributed by atoms with Gasteiger partial charge < -0.3 is 14.6 Å². The number of aliphatic carboxylic acids is 1. The van der Waals surface area contributed by atoms with Crippen LogP contribution < -0.4 is 0 Å². The van der Waals surface area contributed by atoms with E-state index in [2.05, 4.69) is 6.92 Å². The molecule has 0 bridgehead atoms. The maximum absolute atomic E-state index is 11.2. The van der Waals surface area contributed by atoms with Crippen LogP contribution in [0.4, 0.5) is 0 Å². The molecule has 0 fully saturated rings. The zero-order valence-corrected chi connectivity index (χ0v) is 11.4. The van der Waals surface area contributed by atoms with Crippen LogP contribution in [0.5, 0.6) is 0 Å². The van der Waals surface area contributed by atoms with Crippen molar-refractivity contribution in [3.63, 3.8) is 0 Å². The van der Waals surface area contributed by atoms with Crippen molar-refractivity contribution in [1.29, 1.82) is 0 Å². The van der Waals surface area contributed by atoms with Crippen LogP contribution >= 0.6 is 0 Å². The highest BCUT2D eigenvalue weighted by molar-refractivity contribution is 5.76. The largest absolute Gasteiger partial charge is 0.481 e. The predicted molar refractivity (Wildman–Crippen MR) is 73.4 cm³/mol. The molecule has 1 unspecified atom stereocenters. The number of unbranched alkanes of at least 4 members (excludes halogenated alkanes) is 1. The fraction of sp³-hybridized carbons (Fsp3) is 0.533. The molecule has 0 aliphatic rings. The second-order valence-electron chi connectivity index (χ2n) is 4.34. The van der Waals surface area contributed by atoms with Gasteiger partial charge in [-0.3, -0.25) is 4.79 Å². The summed E-state index contributed by atoms with van der Waals surface area (Å²) in [6.07, 6.45) is 2.15. The predicted octanol–water partition coefficient (Wildman–Crippen LogP) is 2.69. The lowest BCUT2D eigenvalue weighted by molar-refractivity contribution is -0.140. The SMILES string of the molecule is CCCCOCCOCC(C(=O)O)c1ccccc1. The van der Waals surface area contributed by atoms with Gasteiger partial charge in [-0.2, -0.15) is 0 Å². The van der Waals surface area contributed by atoms with Crippen molar-refractivity contribution < 1.29 is 19.4 Å². The fourth-order valence-corrected chi connectivity index (χ4v) is 1.66. The average Bonchev–Trinajstić information content (AvgIpc) is 2.42. The van der Waals surface area contributed by atoms with Crippen LogP contribution in [0.3, 0.4) is 0 Å². The first kappa shape index (κ1) is 15.7. The second kappa shape index (κ2) is 9.53. The minimum atomic E-state index is -0.863. The maximum atomic E-state index is 11.2. The van der Waals surface area contributed by atoms with E-state index in [0.29, 0.717) is 13.2 Å². The van der Waals surface area contributed by atoms with E-state index in [4.69, 9.17) is 9.47 Å². The van der Waals surface area contributed by atoms with Gasteiger partial charge in [-0.05, 0) is 12.0 Å². The molecule has 0 spiro atoms. The van der Waals surface area contributed by atoms with Crippen LogP contribution in [-0.2, 0) is 14.3 Å². The monoisotopic (exact) mass is 266 g/mol. The Hall–Kier alpha value is -1.39. The van der Waals surface area contributed by atoms with Crippen molar-refractivity contribution >= 4 is 5.97 Å². The van der Waals surface area contributed by atoms with Gasteiger partial charge in [-0.25, -0.2) is 0 Å². The fourth-order valence-electron chi connectivity index (χ4n) is 1.66. The Morgan fingerprint density at radius 1 is 1.16 bits per heavy atom. The van der Waals surface area contributed by atoms with Crippen LogP contribution in [0, 0.1) is 0 Å². The highest BCUT2D eigenvalue weighted by Gasteiger charge is 2.19. The molecule has 0 aliphatic heterocycles. The normalized spacial score (nSPS) is 12.3. The Balaban J connectivity index is 2.26. The van der Waals surface area contributed by atoms with E-state index in [9.17, 15) is 9.90 Å². The number of hydrogen-bond acceptors (Lipinski definition) is 3. The number of carbonyl (C=O) groups is 1. The maximum Gasteiger partial charge on any atom is 0.313 e. The average molecular weight is 266 g/mol. The van der Waals surface area contributed by atoms with E-state index in [1.54, 1.807) is 12.1 Å². The molecule has 4 nitrogen and oxygen atoms in total. The van der Waals surface area contributed by atoms with Crippen LogP contribution in [0.25, 0.3) is 0 Å². The van der Waals surface area contributed by atoms with Crippen LogP contribution in [0.2, 0.25) is 0 Å². The van der Waals surface area contributed by atoms with E-state index in [0.717, 1.165) is 25.0 Å².